The van der Waals surface area contributed by atoms with E-state index in [9.17, 15) is 26.4 Å². The predicted octanol–water partition coefficient (Wildman–Crippen LogP) is 3.87. The molecule has 2 aromatic carbocycles. The molecule has 0 aliphatic rings. The first-order valence-corrected chi connectivity index (χ1v) is 9.81. The van der Waals surface area contributed by atoms with Crippen molar-refractivity contribution in [2.24, 2.45) is 0 Å². The first-order valence-electron chi connectivity index (χ1n) is 7.17. The number of hydrogen-bond donors (Lipinski definition) is 1. The Morgan fingerprint density at radius 2 is 1.77 bits per heavy atom. The summed E-state index contributed by atoms with van der Waals surface area (Å²) in [4.78, 5) is 12.2. The van der Waals surface area contributed by atoms with E-state index in [1.54, 1.807) is 12.1 Å². The zero-order valence-electron chi connectivity index (χ0n) is 13.4. The van der Waals surface area contributed by atoms with Crippen LogP contribution in [-0.2, 0) is 21.0 Å². The molecule has 0 saturated carbocycles. The monoisotopic (exact) mass is 450 g/mol. The number of amides is 1. The van der Waals surface area contributed by atoms with Gasteiger partial charge in [-0.15, -0.1) is 0 Å². The minimum Gasteiger partial charge on any atom is -0.325 e. The molecule has 0 unspecified atom stereocenters. The van der Waals surface area contributed by atoms with Crippen molar-refractivity contribution in [2.45, 2.75) is 6.18 Å². The van der Waals surface area contributed by atoms with Crippen LogP contribution in [0, 0.1) is 0 Å². The van der Waals surface area contributed by atoms with Crippen LogP contribution in [0.4, 0.5) is 24.5 Å². The summed E-state index contributed by atoms with van der Waals surface area (Å²) in [5.41, 5.74) is -0.433. The van der Waals surface area contributed by atoms with Crippen LogP contribution in [0.3, 0.4) is 0 Å². The third kappa shape index (κ3) is 5.46. The molecule has 140 valence electrons. The second-order valence-electron chi connectivity index (χ2n) is 5.37. The molecule has 2 aromatic rings. The molecule has 0 bridgehead atoms. The fraction of sp³-hybridized carbons (Fsp3) is 0.188. The molecule has 0 radical (unpaired) electrons. The van der Waals surface area contributed by atoms with Crippen molar-refractivity contribution in [3.05, 3.63) is 58.6 Å². The third-order valence-electron chi connectivity index (χ3n) is 3.28. The number of carbonyl (C=O) groups excluding carboxylic acids is 1. The van der Waals surface area contributed by atoms with Crippen LogP contribution in [0.15, 0.2) is 53.0 Å². The molecule has 0 spiro atoms. The molecule has 26 heavy (non-hydrogen) atoms. The van der Waals surface area contributed by atoms with Crippen molar-refractivity contribution in [3.8, 4) is 0 Å². The van der Waals surface area contributed by atoms with Gasteiger partial charge in [-0.1, -0.05) is 22.0 Å². The number of hydrogen-bond acceptors (Lipinski definition) is 3. The first kappa shape index (κ1) is 20.2. The summed E-state index contributed by atoms with van der Waals surface area (Å²) in [7, 11) is -3.75. The standard InChI is InChI=1S/C16H14BrF3N2O3S/c1-26(24,25)22(14-4-2-3-12(17)9-14)10-15(23)21-13-7-5-11(6-8-13)16(18,19)20/h2-9H,10H2,1H3,(H,21,23). The molecule has 5 nitrogen and oxygen atoms in total. The van der Waals surface area contributed by atoms with E-state index in [0.29, 0.717) is 4.47 Å². The highest BCUT2D eigenvalue weighted by Crippen LogP contribution is 2.30. The molecule has 1 amide bonds. The van der Waals surface area contributed by atoms with Crippen LogP contribution in [0.2, 0.25) is 0 Å². The van der Waals surface area contributed by atoms with E-state index in [4.69, 9.17) is 0 Å². The molecule has 0 fully saturated rings. The Labute approximate surface area is 157 Å². The van der Waals surface area contributed by atoms with Crippen LogP contribution in [0.1, 0.15) is 5.56 Å². The fourth-order valence-corrected chi connectivity index (χ4v) is 3.34. The van der Waals surface area contributed by atoms with Crippen LogP contribution in [0.5, 0.6) is 0 Å². The molecule has 0 saturated heterocycles. The van der Waals surface area contributed by atoms with Crippen molar-refractivity contribution >= 4 is 43.2 Å². The van der Waals surface area contributed by atoms with E-state index in [0.717, 1.165) is 34.8 Å². The maximum Gasteiger partial charge on any atom is 0.416 e. The van der Waals surface area contributed by atoms with Crippen molar-refractivity contribution in [2.75, 3.05) is 22.4 Å². The molecule has 0 aliphatic carbocycles. The topological polar surface area (TPSA) is 66.5 Å². The number of nitrogens with one attached hydrogen (secondary N) is 1. The molecule has 1 N–H and O–H groups in total. The van der Waals surface area contributed by atoms with E-state index in [1.807, 2.05) is 0 Å². The van der Waals surface area contributed by atoms with E-state index < -0.39 is 34.2 Å². The normalized spacial score (nSPS) is 11.9. The summed E-state index contributed by atoms with van der Waals surface area (Å²) >= 11 is 3.23. The van der Waals surface area contributed by atoms with E-state index in [-0.39, 0.29) is 11.4 Å². The zero-order chi connectivity index (χ0) is 19.5. The molecule has 2 rings (SSSR count). The number of alkyl halides is 3. The Kier molecular flexibility index (Phi) is 5.97. The highest BCUT2D eigenvalue weighted by molar-refractivity contribution is 9.10. The molecular weight excluding hydrogens is 437 g/mol. The Morgan fingerprint density at radius 3 is 2.27 bits per heavy atom. The van der Waals surface area contributed by atoms with Gasteiger partial charge in [0.1, 0.15) is 6.54 Å². The Bertz CT molecular complexity index is 900. The number of benzene rings is 2. The molecule has 0 aromatic heterocycles. The minimum absolute atomic E-state index is 0.130. The summed E-state index contributed by atoms with van der Waals surface area (Å²) in [5, 5.41) is 2.38. The second-order valence-corrected chi connectivity index (χ2v) is 8.20. The second kappa shape index (κ2) is 7.67. The molecule has 0 atom stereocenters. The van der Waals surface area contributed by atoms with Gasteiger partial charge in [0.05, 0.1) is 17.5 Å². The van der Waals surface area contributed by atoms with Crippen LogP contribution in [-0.4, -0.2) is 27.1 Å². The van der Waals surface area contributed by atoms with Gasteiger partial charge >= 0.3 is 6.18 Å². The van der Waals surface area contributed by atoms with E-state index >= 15 is 0 Å². The lowest BCUT2D eigenvalue weighted by Gasteiger charge is -2.22. The number of nitrogens with zero attached hydrogens (tertiary/aromatic N) is 1. The largest absolute Gasteiger partial charge is 0.416 e. The number of sulfonamides is 1. The first-order chi connectivity index (χ1) is 12.0. The quantitative estimate of drug-likeness (QED) is 0.751. The van der Waals surface area contributed by atoms with Gasteiger partial charge in [-0.2, -0.15) is 13.2 Å². The van der Waals surface area contributed by atoms with Gasteiger partial charge in [0, 0.05) is 10.2 Å². The average Bonchev–Trinajstić information content (AvgIpc) is 2.51. The minimum atomic E-state index is -4.48. The smallest absolute Gasteiger partial charge is 0.325 e. The van der Waals surface area contributed by atoms with Gasteiger partial charge in [0.25, 0.3) is 0 Å². The molecule has 10 heteroatoms. The van der Waals surface area contributed by atoms with Crippen molar-refractivity contribution in [1.82, 2.24) is 0 Å². The SMILES string of the molecule is CS(=O)(=O)N(CC(=O)Nc1ccc(C(F)(F)F)cc1)c1cccc(Br)c1. The van der Waals surface area contributed by atoms with Crippen molar-refractivity contribution in [3.63, 3.8) is 0 Å². The Hall–Kier alpha value is -2.07. The zero-order valence-corrected chi connectivity index (χ0v) is 15.8. The van der Waals surface area contributed by atoms with Crippen LogP contribution in [0.25, 0.3) is 0 Å². The lowest BCUT2D eigenvalue weighted by molar-refractivity contribution is -0.137. The highest BCUT2D eigenvalue weighted by atomic mass is 79.9. The van der Waals surface area contributed by atoms with Gasteiger partial charge in [-0.05, 0) is 42.5 Å². The summed E-state index contributed by atoms with van der Waals surface area (Å²) in [6.45, 7) is -0.518. The summed E-state index contributed by atoms with van der Waals surface area (Å²) in [6, 6.07) is 10.2. The van der Waals surface area contributed by atoms with Gasteiger partial charge in [-0.25, -0.2) is 8.42 Å². The third-order valence-corrected chi connectivity index (χ3v) is 4.91. The molecule has 0 aliphatic heterocycles. The number of halogens is 4. The summed E-state index contributed by atoms with van der Waals surface area (Å²) in [6.07, 6.45) is -3.52. The summed E-state index contributed by atoms with van der Waals surface area (Å²) < 4.78 is 63.1. The van der Waals surface area contributed by atoms with Gasteiger partial charge in [0.2, 0.25) is 15.9 Å². The fourth-order valence-electron chi connectivity index (χ4n) is 2.10. The van der Waals surface area contributed by atoms with Crippen molar-refractivity contribution in [1.29, 1.82) is 0 Å². The van der Waals surface area contributed by atoms with E-state index in [1.165, 1.54) is 12.1 Å². The van der Waals surface area contributed by atoms with Crippen LogP contribution >= 0.6 is 15.9 Å². The van der Waals surface area contributed by atoms with Crippen LogP contribution < -0.4 is 9.62 Å². The number of carbonyl (C=O) groups is 1. The van der Waals surface area contributed by atoms with Gasteiger partial charge < -0.3 is 5.32 Å². The highest BCUT2D eigenvalue weighted by Gasteiger charge is 2.30. The lowest BCUT2D eigenvalue weighted by atomic mass is 10.2. The predicted molar refractivity (Wildman–Crippen MR) is 96.4 cm³/mol. The average molecular weight is 451 g/mol. The number of anilines is 2. The van der Waals surface area contributed by atoms with Gasteiger partial charge in [-0.3, -0.25) is 9.10 Å². The molecular formula is C16H14BrF3N2O3S. The maximum atomic E-state index is 12.5. The molecule has 0 heterocycles. The van der Waals surface area contributed by atoms with Crippen molar-refractivity contribution < 1.29 is 26.4 Å². The summed E-state index contributed by atoms with van der Waals surface area (Å²) in [5.74, 6) is -0.685. The Balaban J connectivity index is 2.15. The van der Waals surface area contributed by atoms with E-state index in [2.05, 4.69) is 21.2 Å². The maximum absolute atomic E-state index is 12.5. The lowest BCUT2D eigenvalue weighted by Crippen LogP contribution is -2.37. The van der Waals surface area contributed by atoms with Gasteiger partial charge in [0.15, 0.2) is 0 Å². The number of rotatable bonds is 5. The Morgan fingerprint density at radius 1 is 1.15 bits per heavy atom.